The molecular formula is C31H18N4. The van der Waals surface area contributed by atoms with Crippen molar-refractivity contribution in [3.63, 3.8) is 0 Å². The van der Waals surface area contributed by atoms with E-state index in [9.17, 15) is 0 Å². The van der Waals surface area contributed by atoms with Crippen molar-refractivity contribution >= 4 is 38.5 Å². The highest BCUT2D eigenvalue weighted by Crippen LogP contribution is 2.49. The van der Waals surface area contributed by atoms with Gasteiger partial charge in [-0.1, -0.05) is 36.4 Å². The molecule has 0 atom stereocenters. The Morgan fingerprint density at radius 2 is 1.63 bits per heavy atom. The van der Waals surface area contributed by atoms with E-state index in [1.807, 2.05) is 30.7 Å². The van der Waals surface area contributed by atoms with Crippen LogP contribution in [0.5, 0.6) is 0 Å². The number of aromatic nitrogens is 4. The van der Waals surface area contributed by atoms with Gasteiger partial charge in [0.25, 0.3) is 0 Å². The van der Waals surface area contributed by atoms with E-state index in [1.165, 1.54) is 55.3 Å². The molecule has 4 heteroatoms. The maximum absolute atomic E-state index is 5.04. The normalized spacial score (nSPS) is 13.5. The van der Waals surface area contributed by atoms with Crippen LogP contribution in [-0.4, -0.2) is 19.4 Å². The second kappa shape index (κ2) is 6.10. The highest BCUT2D eigenvalue weighted by Gasteiger charge is 2.29. The van der Waals surface area contributed by atoms with Crippen LogP contribution in [0.25, 0.3) is 60.7 Å². The highest BCUT2D eigenvalue weighted by molar-refractivity contribution is 6.14. The third-order valence-electron chi connectivity index (χ3n) is 7.95. The second-order valence-corrected chi connectivity index (χ2v) is 9.70. The SMILES string of the molecule is c1ccc2c(c1)Cc1c-2ccc2c1-c1cc3c(cc1C2)c1cccnc1n1c2ccncc2nc31. The fourth-order valence-corrected chi connectivity index (χ4v) is 6.49. The zero-order chi connectivity index (χ0) is 22.7. The average Bonchev–Trinajstić information content (AvgIpc) is 3.58. The first-order valence-corrected chi connectivity index (χ1v) is 12.0. The van der Waals surface area contributed by atoms with Gasteiger partial charge in [-0.3, -0.25) is 9.38 Å². The first-order valence-electron chi connectivity index (χ1n) is 12.0. The molecule has 0 radical (unpaired) electrons. The number of nitrogens with zero attached hydrogens (tertiary/aromatic N) is 4. The van der Waals surface area contributed by atoms with Crippen LogP contribution >= 0.6 is 0 Å². The summed E-state index contributed by atoms with van der Waals surface area (Å²) < 4.78 is 2.20. The van der Waals surface area contributed by atoms with Crippen molar-refractivity contribution in [2.75, 3.05) is 0 Å². The van der Waals surface area contributed by atoms with Gasteiger partial charge < -0.3 is 0 Å². The van der Waals surface area contributed by atoms with Crippen LogP contribution in [0.3, 0.4) is 0 Å². The van der Waals surface area contributed by atoms with E-state index in [0.29, 0.717) is 0 Å². The van der Waals surface area contributed by atoms with Gasteiger partial charge in [-0.15, -0.1) is 0 Å². The van der Waals surface area contributed by atoms with Gasteiger partial charge in [0.15, 0.2) is 0 Å². The van der Waals surface area contributed by atoms with Crippen LogP contribution < -0.4 is 0 Å². The largest absolute Gasteiger partial charge is 0.276 e. The first-order chi connectivity index (χ1) is 17.3. The van der Waals surface area contributed by atoms with Crippen molar-refractivity contribution in [3.05, 3.63) is 108 Å². The van der Waals surface area contributed by atoms with Gasteiger partial charge in [-0.2, -0.15) is 0 Å². The molecule has 4 aromatic heterocycles. The molecule has 162 valence electrons. The molecule has 7 aromatic rings. The van der Waals surface area contributed by atoms with Crippen LogP contribution in [0.4, 0.5) is 0 Å². The third kappa shape index (κ3) is 2.15. The molecule has 0 N–H and O–H groups in total. The number of hydrogen-bond acceptors (Lipinski definition) is 3. The molecule has 0 fully saturated rings. The molecule has 0 unspecified atom stereocenters. The Balaban J connectivity index is 1.42. The summed E-state index contributed by atoms with van der Waals surface area (Å²) in [5.74, 6) is 0. The van der Waals surface area contributed by atoms with Crippen LogP contribution in [0.1, 0.15) is 22.3 Å². The van der Waals surface area contributed by atoms with E-state index < -0.39 is 0 Å². The number of pyridine rings is 3. The lowest BCUT2D eigenvalue weighted by atomic mass is 9.94. The van der Waals surface area contributed by atoms with Crippen molar-refractivity contribution in [1.82, 2.24) is 19.4 Å². The number of benzene rings is 3. The predicted molar refractivity (Wildman–Crippen MR) is 140 cm³/mol. The van der Waals surface area contributed by atoms with E-state index >= 15 is 0 Å². The van der Waals surface area contributed by atoms with Gasteiger partial charge in [0.2, 0.25) is 0 Å². The van der Waals surface area contributed by atoms with Crippen molar-refractivity contribution in [3.8, 4) is 22.3 Å². The van der Waals surface area contributed by atoms with Crippen LogP contribution in [0.15, 0.2) is 85.3 Å². The van der Waals surface area contributed by atoms with Crippen LogP contribution in [0, 0.1) is 0 Å². The minimum atomic E-state index is 0.893. The molecule has 0 aliphatic heterocycles. The van der Waals surface area contributed by atoms with E-state index in [1.54, 1.807) is 0 Å². The smallest absolute Gasteiger partial charge is 0.147 e. The number of imidazole rings is 1. The first kappa shape index (κ1) is 17.8. The lowest BCUT2D eigenvalue weighted by Gasteiger charge is -2.12. The molecule has 4 heterocycles. The summed E-state index contributed by atoms with van der Waals surface area (Å²) in [5.41, 5.74) is 15.1. The van der Waals surface area contributed by atoms with Gasteiger partial charge in [0.1, 0.15) is 16.8 Å². The molecule has 0 saturated carbocycles. The standard InChI is InChI=1S/C31H18N4/c1-2-5-20-17(4-1)13-25-21(20)8-7-18-12-19-14-24-22-6-3-10-33-30(22)35-28-9-11-32-16-27(28)34-31(35)26(24)15-23(19)29(18)25/h1-11,14-16H,12-13H2. The monoisotopic (exact) mass is 446 g/mol. The zero-order valence-corrected chi connectivity index (χ0v) is 18.8. The Morgan fingerprint density at radius 1 is 0.657 bits per heavy atom. The Kier molecular flexibility index (Phi) is 3.11. The Labute approximate surface area is 200 Å². The Bertz CT molecular complexity index is 2070. The molecule has 0 saturated heterocycles. The fourth-order valence-electron chi connectivity index (χ4n) is 6.49. The number of fused-ring (bicyclic) bond motifs is 15. The summed E-state index contributed by atoms with van der Waals surface area (Å²) in [6, 6.07) is 24.5. The summed E-state index contributed by atoms with van der Waals surface area (Å²) >= 11 is 0. The van der Waals surface area contributed by atoms with Crippen molar-refractivity contribution in [1.29, 1.82) is 0 Å². The fraction of sp³-hybridized carbons (Fsp3) is 0.0645. The number of rotatable bonds is 0. The van der Waals surface area contributed by atoms with Crippen LogP contribution in [0.2, 0.25) is 0 Å². The van der Waals surface area contributed by atoms with Crippen molar-refractivity contribution in [2.45, 2.75) is 12.8 Å². The van der Waals surface area contributed by atoms with E-state index in [4.69, 9.17) is 9.97 Å². The summed E-state index contributed by atoms with van der Waals surface area (Å²) in [5, 5.41) is 3.54. The molecular weight excluding hydrogens is 428 g/mol. The van der Waals surface area contributed by atoms with Crippen molar-refractivity contribution in [2.24, 2.45) is 0 Å². The quantitative estimate of drug-likeness (QED) is 0.243. The van der Waals surface area contributed by atoms with E-state index in [0.717, 1.165) is 40.6 Å². The summed E-state index contributed by atoms with van der Waals surface area (Å²) in [4.78, 5) is 14.1. The molecule has 0 bridgehead atoms. The van der Waals surface area contributed by atoms with Crippen LogP contribution in [-0.2, 0) is 12.8 Å². The lowest BCUT2D eigenvalue weighted by Crippen LogP contribution is -1.95. The molecule has 4 nitrogen and oxygen atoms in total. The highest BCUT2D eigenvalue weighted by atomic mass is 15.1. The zero-order valence-electron chi connectivity index (χ0n) is 18.8. The van der Waals surface area contributed by atoms with Gasteiger partial charge in [0, 0.05) is 23.2 Å². The lowest BCUT2D eigenvalue weighted by molar-refractivity contribution is 1.23. The van der Waals surface area contributed by atoms with Gasteiger partial charge in [-0.05, 0) is 93.1 Å². The maximum atomic E-state index is 5.04. The van der Waals surface area contributed by atoms with Gasteiger partial charge >= 0.3 is 0 Å². The maximum Gasteiger partial charge on any atom is 0.147 e. The Morgan fingerprint density at radius 3 is 2.63 bits per heavy atom. The molecule has 9 rings (SSSR count). The molecule has 0 spiro atoms. The topological polar surface area (TPSA) is 43.1 Å². The molecule has 0 amide bonds. The summed E-state index contributed by atoms with van der Waals surface area (Å²) in [6.45, 7) is 0. The summed E-state index contributed by atoms with van der Waals surface area (Å²) in [7, 11) is 0. The molecule has 35 heavy (non-hydrogen) atoms. The Hall–Kier alpha value is -4.57. The average molecular weight is 447 g/mol. The van der Waals surface area contributed by atoms with Gasteiger partial charge in [0.05, 0.1) is 11.7 Å². The third-order valence-corrected chi connectivity index (χ3v) is 7.95. The molecule has 2 aliphatic rings. The van der Waals surface area contributed by atoms with E-state index in [-0.39, 0.29) is 0 Å². The molecule has 3 aromatic carbocycles. The minimum absolute atomic E-state index is 0.893. The molecule has 2 aliphatic carbocycles. The van der Waals surface area contributed by atoms with E-state index in [2.05, 4.69) is 64.0 Å². The predicted octanol–water partition coefficient (Wildman–Crippen LogP) is 6.73. The van der Waals surface area contributed by atoms with Crippen molar-refractivity contribution < 1.29 is 0 Å². The second-order valence-electron chi connectivity index (χ2n) is 9.70. The minimum Gasteiger partial charge on any atom is -0.276 e. The number of hydrogen-bond donors (Lipinski definition) is 0. The van der Waals surface area contributed by atoms with Gasteiger partial charge in [-0.25, -0.2) is 9.97 Å². The summed E-state index contributed by atoms with van der Waals surface area (Å²) in [6.07, 6.45) is 7.51.